The van der Waals surface area contributed by atoms with E-state index in [0.717, 1.165) is 22.8 Å². The Kier molecular flexibility index (Phi) is 2.62. The summed E-state index contributed by atoms with van der Waals surface area (Å²) >= 11 is 1.66. The molecule has 0 aliphatic heterocycles. The van der Waals surface area contributed by atoms with E-state index in [0.29, 0.717) is 6.54 Å². The Bertz CT molecular complexity index is 608. The van der Waals surface area contributed by atoms with Crippen LogP contribution in [0.2, 0.25) is 0 Å². The lowest BCUT2D eigenvalue weighted by Crippen LogP contribution is -2.07. The van der Waals surface area contributed by atoms with E-state index >= 15 is 0 Å². The van der Waals surface area contributed by atoms with Crippen molar-refractivity contribution in [1.82, 2.24) is 14.5 Å². The van der Waals surface area contributed by atoms with Crippen molar-refractivity contribution >= 4 is 21.6 Å². The lowest BCUT2D eigenvalue weighted by molar-refractivity contribution is 0.708. The van der Waals surface area contributed by atoms with Crippen LogP contribution in [-0.4, -0.2) is 21.1 Å². The van der Waals surface area contributed by atoms with Gasteiger partial charge in [0.2, 0.25) is 0 Å². The molecule has 2 aromatic heterocycles. The van der Waals surface area contributed by atoms with Crippen LogP contribution in [0.5, 0.6) is 0 Å². The average molecular weight is 244 g/mol. The predicted octanol–water partition coefficient (Wildman–Crippen LogP) is 2.12. The van der Waals surface area contributed by atoms with E-state index in [9.17, 15) is 0 Å². The Labute approximate surface area is 103 Å². The summed E-state index contributed by atoms with van der Waals surface area (Å²) in [6, 6.07) is 8.12. The number of rotatable bonds is 3. The Balaban J connectivity index is 2.01. The minimum atomic E-state index is 0.621. The van der Waals surface area contributed by atoms with E-state index in [-0.39, 0.29) is 0 Å². The maximum Gasteiger partial charge on any atom is 0.144 e. The number of para-hydroxylation sites is 1. The zero-order valence-electron chi connectivity index (χ0n) is 9.21. The van der Waals surface area contributed by atoms with Crippen molar-refractivity contribution in [3.8, 4) is 10.7 Å². The second-order valence-corrected chi connectivity index (χ2v) is 4.80. The van der Waals surface area contributed by atoms with Gasteiger partial charge in [0.25, 0.3) is 0 Å². The molecule has 0 aliphatic carbocycles. The second-order valence-electron chi connectivity index (χ2n) is 3.77. The third-order valence-corrected chi connectivity index (χ3v) is 3.59. The first kappa shape index (κ1) is 10.4. The molecule has 0 bridgehead atoms. The monoisotopic (exact) mass is 244 g/mol. The number of aromatic nitrogens is 3. The fourth-order valence-electron chi connectivity index (χ4n) is 1.72. The highest BCUT2D eigenvalue weighted by Crippen LogP contribution is 2.28. The Hall–Kier alpha value is -1.72. The summed E-state index contributed by atoms with van der Waals surface area (Å²) in [5.41, 5.74) is 7.45. The molecule has 0 unspecified atom stereocenters. The number of benzene rings is 1. The van der Waals surface area contributed by atoms with Gasteiger partial charge < -0.3 is 10.3 Å². The summed E-state index contributed by atoms with van der Waals surface area (Å²) in [4.78, 5) is 8.92. The fourth-order valence-corrected chi connectivity index (χ4v) is 2.65. The Morgan fingerprint density at radius 1 is 1.29 bits per heavy atom. The molecule has 0 atom stereocenters. The molecule has 17 heavy (non-hydrogen) atoms. The van der Waals surface area contributed by atoms with E-state index in [4.69, 9.17) is 5.73 Å². The van der Waals surface area contributed by atoms with Gasteiger partial charge in [-0.25, -0.2) is 9.97 Å². The maximum absolute atomic E-state index is 5.51. The van der Waals surface area contributed by atoms with Gasteiger partial charge in [-0.1, -0.05) is 12.1 Å². The number of hydrogen-bond acceptors (Lipinski definition) is 4. The fraction of sp³-hybridized carbons (Fsp3) is 0.167. The third-order valence-electron chi connectivity index (χ3n) is 2.53. The number of imidazole rings is 1. The minimum Gasteiger partial charge on any atom is -0.335 e. The highest BCUT2D eigenvalue weighted by atomic mass is 32.1. The van der Waals surface area contributed by atoms with Crippen molar-refractivity contribution in [2.24, 2.45) is 5.73 Å². The molecule has 4 nitrogen and oxygen atoms in total. The number of nitrogens with two attached hydrogens (primary N) is 1. The van der Waals surface area contributed by atoms with Crippen LogP contribution in [0, 0.1) is 0 Å². The number of fused-ring (bicyclic) bond motifs is 1. The Morgan fingerprint density at radius 3 is 3.00 bits per heavy atom. The van der Waals surface area contributed by atoms with Crippen LogP contribution < -0.4 is 5.73 Å². The van der Waals surface area contributed by atoms with Gasteiger partial charge in [-0.15, -0.1) is 11.3 Å². The third kappa shape index (κ3) is 1.94. The molecule has 0 amide bonds. The lowest BCUT2D eigenvalue weighted by Gasteiger charge is -1.94. The smallest absolute Gasteiger partial charge is 0.144 e. The average Bonchev–Trinajstić information content (AvgIpc) is 2.94. The summed E-state index contributed by atoms with van der Waals surface area (Å²) in [7, 11) is 0. The zero-order chi connectivity index (χ0) is 11.7. The molecular weight excluding hydrogens is 232 g/mol. The van der Waals surface area contributed by atoms with E-state index in [1.165, 1.54) is 4.70 Å². The van der Waals surface area contributed by atoms with Crippen LogP contribution in [0.15, 0.2) is 36.8 Å². The van der Waals surface area contributed by atoms with Gasteiger partial charge in [0, 0.05) is 19.3 Å². The summed E-state index contributed by atoms with van der Waals surface area (Å²) < 4.78 is 3.18. The van der Waals surface area contributed by atoms with Gasteiger partial charge in [0.15, 0.2) is 0 Å². The highest BCUT2D eigenvalue weighted by molar-refractivity contribution is 7.21. The molecule has 0 saturated heterocycles. The summed E-state index contributed by atoms with van der Waals surface area (Å²) in [5, 5.41) is 0.960. The molecule has 86 valence electrons. The number of hydrogen-bond donors (Lipinski definition) is 1. The first-order valence-electron chi connectivity index (χ1n) is 5.44. The van der Waals surface area contributed by atoms with Gasteiger partial charge in [0.1, 0.15) is 10.7 Å². The molecule has 2 N–H and O–H groups in total. The van der Waals surface area contributed by atoms with E-state index in [1.807, 2.05) is 29.0 Å². The van der Waals surface area contributed by atoms with Crippen molar-refractivity contribution in [3.05, 3.63) is 36.8 Å². The van der Waals surface area contributed by atoms with E-state index < -0.39 is 0 Å². The number of nitrogens with zero attached hydrogens (tertiary/aromatic N) is 3. The van der Waals surface area contributed by atoms with Gasteiger partial charge >= 0.3 is 0 Å². The van der Waals surface area contributed by atoms with Gasteiger partial charge in [-0.05, 0) is 12.1 Å². The molecule has 0 spiro atoms. The molecule has 0 saturated carbocycles. The van der Waals surface area contributed by atoms with Crippen molar-refractivity contribution in [3.63, 3.8) is 0 Å². The Morgan fingerprint density at radius 2 is 2.18 bits per heavy atom. The quantitative estimate of drug-likeness (QED) is 0.767. The van der Waals surface area contributed by atoms with Crippen molar-refractivity contribution in [1.29, 1.82) is 0 Å². The molecule has 2 heterocycles. The number of thiazole rings is 1. The van der Waals surface area contributed by atoms with Crippen LogP contribution in [0.4, 0.5) is 0 Å². The van der Waals surface area contributed by atoms with Gasteiger partial charge in [0.05, 0.1) is 16.5 Å². The lowest BCUT2D eigenvalue weighted by atomic mass is 10.3. The normalized spacial score (nSPS) is 11.1. The van der Waals surface area contributed by atoms with Crippen LogP contribution in [0.1, 0.15) is 0 Å². The molecule has 0 radical (unpaired) electrons. The largest absolute Gasteiger partial charge is 0.335 e. The molecule has 1 aromatic carbocycles. The summed E-state index contributed by atoms with van der Waals surface area (Å²) in [6.45, 7) is 1.41. The van der Waals surface area contributed by atoms with Crippen LogP contribution >= 0.6 is 11.3 Å². The van der Waals surface area contributed by atoms with Crippen LogP contribution in [0.3, 0.4) is 0 Å². The van der Waals surface area contributed by atoms with Crippen molar-refractivity contribution in [2.45, 2.75) is 6.54 Å². The van der Waals surface area contributed by atoms with Gasteiger partial charge in [-0.2, -0.15) is 0 Å². The first-order chi connectivity index (χ1) is 8.36. The molecular formula is C12H12N4S. The maximum atomic E-state index is 5.51. The molecule has 0 aliphatic rings. The highest BCUT2D eigenvalue weighted by Gasteiger charge is 2.08. The molecule has 5 heteroatoms. The minimum absolute atomic E-state index is 0.621. The zero-order valence-corrected chi connectivity index (χ0v) is 10.0. The van der Waals surface area contributed by atoms with E-state index in [1.54, 1.807) is 17.7 Å². The molecule has 0 fully saturated rings. The predicted molar refractivity (Wildman–Crippen MR) is 69.9 cm³/mol. The first-order valence-corrected chi connectivity index (χ1v) is 6.26. The molecule has 3 rings (SSSR count). The topological polar surface area (TPSA) is 56.7 Å². The summed E-state index contributed by atoms with van der Waals surface area (Å²) in [5.74, 6) is 0. The van der Waals surface area contributed by atoms with Crippen LogP contribution in [0.25, 0.3) is 20.9 Å². The van der Waals surface area contributed by atoms with Crippen LogP contribution in [-0.2, 0) is 6.54 Å². The van der Waals surface area contributed by atoms with Crippen molar-refractivity contribution < 1.29 is 0 Å². The van der Waals surface area contributed by atoms with Crippen molar-refractivity contribution in [2.75, 3.05) is 6.54 Å². The standard InChI is InChI=1S/C12H12N4S/c13-5-6-16-7-10(14-8-16)12-15-9-3-1-2-4-11(9)17-12/h1-4,7-8H,5-6,13H2. The van der Waals surface area contributed by atoms with Gasteiger partial charge in [-0.3, -0.25) is 0 Å². The second kappa shape index (κ2) is 4.27. The molecule has 3 aromatic rings. The van der Waals surface area contributed by atoms with E-state index in [2.05, 4.69) is 16.0 Å². The summed E-state index contributed by atoms with van der Waals surface area (Å²) in [6.07, 6.45) is 3.79. The SMILES string of the molecule is NCCn1cnc(-c2nc3ccccc3s2)c1.